The maximum atomic E-state index is 13.0. The SMILES string of the molecule is CC/C=C\C/C=C\C/C=C\C/C=C\CCCCCCC(=O)O[C@H](COC(=O)CCC[C@@H](O)/C=C/C=C\C/C=C\C=C\[C@@H](O)CCCCC)COP(=O)(O)O[C@H]1C(O)C(O)C(O)[C@@H](OP(=O)(O)O)C1O. The van der Waals surface area contributed by atoms with Crippen LogP contribution in [0.25, 0.3) is 0 Å². The summed E-state index contributed by atoms with van der Waals surface area (Å²) in [7, 11) is -10.8. The fourth-order valence-electron chi connectivity index (χ4n) is 6.58. The van der Waals surface area contributed by atoms with Crippen LogP contribution in [0.1, 0.15) is 129 Å². The lowest BCUT2D eigenvalue weighted by molar-refractivity contribution is -0.216. The molecule has 0 spiro atoms. The molecule has 0 amide bonds. The Balaban J connectivity index is 2.71. The van der Waals surface area contributed by atoms with Gasteiger partial charge in [0, 0.05) is 12.8 Å². The van der Waals surface area contributed by atoms with Gasteiger partial charge in [0.25, 0.3) is 0 Å². The molecule has 20 heteroatoms. The molecule has 0 aromatic carbocycles. The van der Waals surface area contributed by atoms with Crippen molar-refractivity contribution in [2.24, 2.45) is 0 Å². The third kappa shape index (κ3) is 33.2. The molecule has 69 heavy (non-hydrogen) atoms. The van der Waals surface area contributed by atoms with Gasteiger partial charge in [0.05, 0.1) is 18.8 Å². The molecule has 1 fully saturated rings. The zero-order chi connectivity index (χ0) is 51.3. The lowest BCUT2D eigenvalue weighted by Crippen LogP contribution is -2.64. The molecule has 1 saturated carbocycles. The third-order valence-corrected chi connectivity index (χ3v) is 11.9. The van der Waals surface area contributed by atoms with Crippen LogP contribution < -0.4 is 0 Å². The Kier molecular flexibility index (Phi) is 35.6. The summed E-state index contributed by atoms with van der Waals surface area (Å²) in [6.45, 7) is 2.67. The minimum atomic E-state index is -5.40. The first kappa shape index (κ1) is 63.9. The summed E-state index contributed by atoms with van der Waals surface area (Å²) in [6.07, 6.45) is 27.0. The van der Waals surface area contributed by atoms with Crippen LogP contribution in [0.5, 0.6) is 0 Å². The van der Waals surface area contributed by atoms with Gasteiger partial charge in [0.2, 0.25) is 0 Å². The predicted molar refractivity (Wildman–Crippen MR) is 262 cm³/mol. The molecule has 0 aromatic rings. The average molecular weight is 1020 g/mol. The number of rotatable bonds is 38. The van der Waals surface area contributed by atoms with E-state index in [0.717, 1.165) is 70.6 Å². The minimum Gasteiger partial charge on any atom is -0.462 e. The summed E-state index contributed by atoms with van der Waals surface area (Å²) in [5.74, 6) is -1.47. The Hall–Kier alpha value is -3.16. The van der Waals surface area contributed by atoms with Crippen LogP contribution in [0.15, 0.2) is 97.2 Å². The topological polar surface area (TPSA) is 296 Å². The van der Waals surface area contributed by atoms with Gasteiger partial charge in [-0.3, -0.25) is 23.2 Å². The molecule has 5 unspecified atom stereocenters. The fourth-order valence-corrected chi connectivity index (χ4v) is 8.12. The second-order valence-corrected chi connectivity index (χ2v) is 19.1. The third-order valence-electron chi connectivity index (χ3n) is 10.3. The van der Waals surface area contributed by atoms with E-state index in [1.54, 1.807) is 24.3 Å². The van der Waals surface area contributed by atoms with Gasteiger partial charge in [-0.15, -0.1) is 0 Å². The van der Waals surface area contributed by atoms with Gasteiger partial charge in [-0.2, -0.15) is 0 Å². The van der Waals surface area contributed by atoms with Crippen molar-refractivity contribution in [1.82, 2.24) is 0 Å². The molecule has 10 atom stereocenters. The fraction of sp³-hybridized carbons (Fsp3) is 0.633. The highest BCUT2D eigenvalue weighted by molar-refractivity contribution is 7.47. The summed E-state index contributed by atoms with van der Waals surface area (Å²) in [6, 6.07) is 0. The van der Waals surface area contributed by atoms with Crippen molar-refractivity contribution in [2.75, 3.05) is 13.2 Å². The first-order chi connectivity index (χ1) is 32.9. The summed E-state index contributed by atoms with van der Waals surface area (Å²) in [5, 5.41) is 61.5. The molecule has 0 aliphatic heterocycles. The highest BCUT2D eigenvalue weighted by Crippen LogP contribution is 2.49. The van der Waals surface area contributed by atoms with E-state index in [9.17, 15) is 64.0 Å². The second-order valence-electron chi connectivity index (χ2n) is 16.5. The van der Waals surface area contributed by atoms with Gasteiger partial charge in [-0.05, 0) is 70.6 Å². The van der Waals surface area contributed by atoms with Crippen LogP contribution in [0.4, 0.5) is 0 Å². The molecule has 1 aliphatic rings. The maximum Gasteiger partial charge on any atom is 0.472 e. The van der Waals surface area contributed by atoms with Gasteiger partial charge in [-0.25, -0.2) is 9.13 Å². The standard InChI is InChI=1S/C49H80O18P2/c1-3-5-7-8-9-10-11-12-13-14-15-16-17-18-22-25-29-35-43(53)65-41(38-64-69(61,62)67-49-46(56)44(54)45(55)48(47(49)57)66-68(58,59)60)37-63-42(52)36-30-34-40(51)33-28-24-21-19-20-23-27-32-39(50)31-26-6-4-2/h5,7,9-10,12-13,15-16,20-21,23-24,27-28,32-33,39-41,44-51,54-57H,3-4,6,8,11,14,17-19,22,25-26,29-31,34-38H2,1-2H3,(H,61,62)(H2,58,59,60)/b7-5-,10-9-,13-12-,16-15-,23-20-,24-21-,32-27+,33-28+/t39-,40-,41+,44?,45?,46?,47?,48+,49-/m0/s1. The summed E-state index contributed by atoms with van der Waals surface area (Å²) in [5.41, 5.74) is 0. The van der Waals surface area contributed by atoms with E-state index in [2.05, 4.69) is 67.0 Å². The molecule has 394 valence electrons. The van der Waals surface area contributed by atoms with E-state index < -0.39 is 95.7 Å². The number of aliphatic hydroxyl groups is 6. The van der Waals surface area contributed by atoms with Crippen LogP contribution in [-0.4, -0.2) is 125 Å². The maximum absolute atomic E-state index is 13.0. The van der Waals surface area contributed by atoms with Gasteiger partial charge >= 0.3 is 27.6 Å². The summed E-state index contributed by atoms with van der Waals surface area (Å²) in [4.78, 5) is 54.3. The number of phosphoric ester groups is 2. The molecule has 0 heterocycles. The average Bonchev–Trinajstić information content (AvgIpc) is 3.29. The number of phosphoric acid groups is 2. The van der Waals surface area contributed by atoms with Crippen LogP contribution in [-0.2, 0) is 41.8 Å². The van der Waals surface area contributed by atoms with Crippen molar-refractivity contribution in [1.29, 1.82) is 0 Å². The van der Waals surface area contributed by atoms with E-state index in [-0.39, 0.29) is 25.7 Å². The molecule has 1 rings (SSSR count). The lowest BCUT2D eigenvalue weighted by Gasteiger charge is -2.43. The minimum absolute atomic E-state index is 0.0394. The van der Waals surface area contributed by atoms with E-state index in [1.165, 1.54) is 0 Å². The first-order valence-electron chi connectivity index (χ1n) is 24.0. The molecule has 9 N–H and O–H groups in total. The normalized spacial score (nSPS) is 22.9. The number of aliphatic hydroxyl groups excluding tert-OH is 6. The van der Waals surface area contributed by atoms with Crippen molar-refractivity contribution in [2.45, 2.75) is 184 Å². The molecular formula is C49H80O18P2. The predicted octanol–water partition coefficient (Wildman–Crippen LogP) is 7.11. The zero-order valence-corrected chi connectivity index (χ0v) is 42.0. The van der Waals surface area contributed by atoms with Crippen molar-refractivity contribution in [3.8, 4) is 0 Å². The second kappa shape index (κ2) is 38.5. The highest BCUT2D eigenvalue weighted by Gasteiger charge is 2.54. The number of esters is 2. The van der Waals surface area contributed by atoms with Crippen molar-refractivity contribution >= 4 is 27.6 Å². The molecular weight excluding hydrogens is 938 g/mol. The number of ether oxygens (including phenoxy) is 2. The number of hydrogen-bond donors (Lipinski definition) is 9. The van der Waals surface area contributed by atoms with Crippen LogP contribution in [0.3, 0.4) is 0 Å². The molecule has 0 bridgehead atoms. The zero-order valence-electron chi connectivity index (χ0n) is 40.2. The summed E-state index contributed by atoms with van der Waals surface area (Å²) < 4.78 is 49.2. The quantitative estimate of drug-likeness (QED) is 0.00978. The Labute approximate surface area is 408 Å². The van der Waals surface area contributed by atoms with E-state index >= 15 is 0 Å². The lowest BCUT2D eigenvalue weighted by atomic mass is 9.85. The van der Waals surface area contributed by atoms with Gasteiger partial charge in [-0.1, -0.05) is 143 Å². The molecule has 0 saturated heterocycles. The number of carbonyl (C=O) groups excluding carboxylic acids is 2. The van der Waals surface area contributed by atoms with Crippen LogP contribution in [0.2, 0.25) is 0 Å². The largest absolute Gasteiger partial charge is 0.472 e. The molecule has 0 aromatic heterocycles. The number of hydrogen-bond acceptors (Lipinski definition) is 15. The van der Waals surface area contributed by atoms with E-state index in [1.807, 2.05) is 24.3 Å². The molecule has 18 nitrogen and oxygen atoms in total. The Morgan fingerprint density at radius 2 is 1.07 bits per heavy atom. The van der Waals surface area contributed by atoms with E-state index in [0.29, 0.717) is 19.3 Å². The summed E-state index contributed by atoms with van der Waals surface area (Å²) >= 11 is 0. The van der Waals surface area contributed by atoms with Crippen molar-refractivity contribution in [3.05, 3.63) is 97.2 Å². The molecule has 0 radical (unpaired) electrons. The highest BCUT2D eigenvalue weighted by atomic mass is 31.2. The molecule has 1 aliphatic carbocycles. The van der Waals surface area contributed by atoms with Gasteiger partial charge in [0.1, 0.15) is 43.2 Å². The Morgan fingerprint density at radius 3 is 1.65 bits per heavy atom. The Bertz CT molecular complexity index is 1740. The van der Waals surface area contributed by atoms with E-state index in [4.69, 9.17) is 18.5 Å². The van der Waals surface area contributed by atoms with Gasteiger partial charge < -0.3 is 54.8 Å². The smallest absolute Gasteiger partial charge is 0.462 e. The number of carbonyl (C=O) groups is 2. The van der Waals surface area contributed by atoms with Crippen molar-refractivity contribution < 1.29 is 87.1 Å². The number of unbranched alkanes of at least 4 members (excludes halogenated alkanes) is 6. The number of allylic oxidation sites excluding steroid dienone is 14. The Morgan fingerprint density at radius 1 is 0.551 bits per heavy atom. The van der Waals surface area contributed by atoms with Crippen molar-refractivity contribution in [3.63, 3.8) is 0 Å². The van der Waals surface area contributed by atoms with Crippen LogP contribution >= 0.6 is 15.6 Å². The van der Waals surface area contributed by atoms with Gasteiger partial charge in [0.15, 0.2) is 6.10 Å². The first-order valence-corrected chi connectivity index (χ1v) is 27.0. The monoisotopic (exact) mass is 1020 g/mol. The van der Waals surface area contributed by atoms with Crippen LogP contribution in [0, 0.1) is 0 Å².